The lowest BCUT2D eigenvalue weighted by atomic mass is 9.91. The Kier molecular flexibility index (Phi) is 13.7. The standard InChI is InChI=1S/C39H52N2O3/c1-30(2)36(41(38(43)44)39(3,4)5)37(42)40-35(29-34-21-13-8-14-22-34)28-27-33(25-15-23-31-17-9-6-10-18-31)26-16-24-32-19-11-7-12-20-32/h6-14,17-22,27-28,30,33,35-36H,15-16,23-26,29H2,1-5H3,(H,40,42)(H,43,44). The Morgan fingerprint density at radius 3 is 1.61 bits per heavy atom. The average molecular weight is 597 g/mol. The molecule has 44 heavy (non-hydrogen) atoms. The van der Waals surface area contributed by atoms with Gasteiger partial charge in [-0.15, -0.1) is 0 Å². The Balaban J connectivity index is 1.80. The third-order valence-corrected chi connectivity index (χ3v) is 8.12. The molecular formula is C39H52N2O3. The second-order valence-electron chi connectivity index (χ2n) is 13.2. The summed E-state index contributed by atoms with van der Waals surface area (Å²) < 4.78 is 0. The summed E-state index contributed by atoms with van der Waals surface area (Å²) in [6.07, 6.45) is 10.4. The van der Waals surface area contributed by atoms with Crippen LogP contribution in [0.25, 0.3) is 0 Å². The summed E-state index contributed by atoms with van der Waals surface area (Å²) in [5, 5.41) is 13.3. The molecule has 236 valence electrons. The molecule has 0 saturated carbocycles. The zero-order valence-corrected chi connectivity index (χ0v) is 27.3. The molecule has 0 bridgehead atoms. The van der Waals surface area contributed by atoms with Crippen LogP contribution in [0.4, 0.5) is 4.79 Å². The lowest BCUT2D eigenvalue weighted by Gasteiger charge is -2.41. The van der Waals surface area contributed by atoms with Crippen LogP contribution in [0.2, 0.25) is 0 Å². The van der Waals surface area contributed by atoms with E-state index in [1.54, 1.807) is 0 Å². The van der Waals surface area contributed by atoms with E-state index in [1.165, 1.54) is 16.0 Å². The van der Waals surface area contributed by atoms with E-state index < -0.39 is 17.7 Å². The minimum atomic E-state index is -1.08. The summed E-state index contributed by atoms with van der Waals surface area (Å²) in [6.45, 7) is 9.31. The molecule has 0 saturated heterocycles. The topological polar surface area (TPSA) is 69.6 Å². The number of aryl methyl sites for hydroxylation is 2. The van der Waals surface area contributed by atoms with E-state index in [1.807, 2.05) is 52.8 Å². The van der Waals surface area contributed by atoms with Crippen molar-refractivity contribution in [2.75, 3.05) is 0 Å². The van der Waals surface area contributed by atoms with E-state index >= 15 is 0 Å². The van der Waals surface area contributed by atoms with Gasteiger partial charge in [0.25, 0.3) is 0 Å². The number of carboxylic acid groups (broad SMARTS) is 1. The Bertz CT molecular complexity index is 1240. The molecular weight excluding hydrogens is 544 g/mol. The molecule has 5 heteroatoms. The van der Waals surface area contributed by atoms with Gasteiger partial charge in [0.1, 0.15) is 6.04 Å². The first-order valence-corrected chi connectivity index (χ1v) is 16.2. The number of benzene rings is 3. The fourth-order valence-corrected chi connectivity index (χ4v) is 5.90. The van der Waals surface area contributed by atoms with Crippen molar-refractivity contribution >= 4 is 12.0 Å². The maximum atomic E-state index is 13.8. The second-order valence-corrected chi connectivity index (χ2v) is 13.2. The highest BCUT2D eigenvalue weighted by atomic mass is 16.4. The molecule has 0 aliphatic carbocycles. The van der Waals surface area contributed by atoms with E-state index in [0.717, 1.165) is 44.1 Å². The molecule has 2 atom stereocenters. The molecule has 5 nitrogen and oxygen atoms in total. The molecule has 0 radical (unpaired) electrons. The highest BCUT2D eigenvalue weighted by molar-refractivity contribution is 5.86. The normalized spacial score (nSPS) is 13.2. The van der Waals surface area contributed by atoms with Crippen molar-refractivity contribution in [1.29, 1.82) is 0 Å². The maximum absolute atomic E-state index is 13.8. The first-order valence-electron chi connectivity index (χ1n) is 16.2. The van der Waals surface area contributed by atoms with Crippen LogP contribution < -0.4 is 5.32 Å². The van der Waals surface area contributed by atoms with Gasteiger partial charge in [0.05, 0.1) is 6.04 Å². The lowest BCUT2D eigenvalue weighted by Crippen LogP contribution is -2.59. The highest BCUT2D eigenvalue weighted by Crippen LogP contribution is 2.24. The van der Waals surface area contributed by atoms with Gasteiger partial charge in [-0.3, -0.25) is 9.69 Å². The van der Waals surface area contributed by atoms with E-state index in [0.29, 0.717) is 12.3 Å². The molecule has 0 fully saturated rings. The Labute approximate surface area is 265 Å². The predicted molar refractivity (Wildman–Crippen MR) is 182 cm³/mol. The first-order chi connectivity index (χ1) is 21.0. The van der Waals surface area contributed by atoms with Crippen LogP contribution in [0, 0.1) is 11.8 Å². The van der Waals surface area contributed by atoms with Crippen LogP contribution in [0.3, 0.4) is 0 Å². The minimum Gasteiger partial charge on any atom is -0.465 e. The van der Waals surface area contributed by atoms with Crippen LogP contribution in [0.1, 0.15) is 77.0 Å². The molecule has 3 aromatic rings. The van der Waals surface area contributed by atoms with Crippen molar-refractivity contribution < 1.29 is 14.7 Å². The summed E-state index contributed by atoms with van der Waals surface area (Å²) in [5.74, 6) is -0.0633. The van der Waals surface area contributed by atoms with Crippen molar-refractivity contribution in [1.82, 2.24) is 10.2 Å². The molecule has 2 unspecified atom stereocenters. The van der Waals surface area contributed by atoms with E-state index in [4.69, 9.17) is 0 Å². The van der Waals surface area contributed by atoms with Crippen LogP contribution in [-0.2, 0) is 24.1 Å². The van der Waals surface area contributed by atoms with Gasteiger partial charge in [-0.2, -0.15) is 0 Å². The fourth-order valence-electron chi connectivity index (χ4n) is 5.90. The Hall–Kier alpha value is -3.86. The Morgan fingerprint density at radius 1 is 0.750 bits per heavy atom. The van der Waals surface area contributed by atoms with E-state index in [9.17, 15) is 14.7 Å². The largest absolute Gasteiger partial charge is 0.465 e. The smallest absolute Gasteiger partial charge is 0.408 e. The third-order valence-electron chi connectivity index (χ3n) is 8.12. The summed E-state index contributed by atoms with van der Waals surface area (Å²) in [7, 11) is 0. The van der Waals surface area contributed by atoms with E-state index in [2.05, 4.69) is 90.3 Å². The number of nitrogens with one attached hydrogen (secondary N) is 1. The van der Waals surface area contributed by atoms with Crippen molar-refractivity contribution in [3.63, 3.8) is 0 Å². The molecule has 2 N–H and O–H groups in total. The quantitative estimate of drug-likeness (QED) is 0.163. The van der Waals surface area contributed by atoms with Gasteiger partial charge in [-0.25, -0.2) is 4.79 Å². The molecule has 3 rings (SSSR count). The van der Waals surface area contributed by atoms with Gasteiger partial charge in [-0.1, -0.05) is 117 Å². The summed E-state index contributed by atoms with van der Waals surface area (Å²) in [6, 6.07) is 30.4. The van der Waals surface area contributed by atoms with Gasteiger partial charge >= 0.3 is 6.09 Å². The summed E-state index contributed by atoms with van der Waals surface area (Å²) >= 11 is 0. The van der Waals surface area contributed by atoms with Gasteiger partial charge in [0, 0.05) is 5.54 Å². The Morgan fingerprint density at radius 2 is 1.20 bits per heavy atom. The number of hydrogen-bond donors (Lipinski definition) is 2. The zero-order valence-electron chi connectivity index (χ0n) is 27.3. The number of rotatable bonds is 16. The zero-order chi connectivity index (χ0) is 32.0. The van der Waals surface area contributed by atoms with Crippen LogP contribution in [-0.4, -0.2) is 39.6 Å². The van der Waals surface area contributed by atoms with Gasteiger partial charge < -0.3 is 10.4 Å². The van der Waals surface area contributed by atoms with Gasteiger partial charge in [0.2, 0.25) is 5.91 Å². The SMILES string of the molecule is CC(C)C(C(=O)NC(C=CC(CCCc1ccccc1)CCCc1ccccc1)Cc1ccccc1)N(C(=O)O)C(C)(C)C. The van der Waals surface area contributed by atoms with Crippen molar-refractivity contribution in [2.45, 2.75) is 97.2 Å². The second kappa shape index (κ2) is 17.4. The first kappa shape index (κ1) is 34.6. The van der Waals surface area contributed by atoms with Crippen LogP contribution in [0.15, 0.2) is 103 Å². The molecule has 0 spiro atoms. The monoisotopic (exact) mass is 596 g/mol. The summed E-state index contributed by atoms with van der Waals surface area (Å²) in [4.78, 5) is 27.5. The van der Waals surface area contributed by atoms with Crippen LogP contribution >= 0.6 is 0 Å². The predicted octanol–water partition coefficient (Wildman–Crippen LogP) is 8.74. The lowest BCUT2D eigenvalue weighted by molar-refractivity contribution is -0.129. The number of allylic oxidation sites excluding steroid dienone is 1. The number of carbonyl (C=O) groups is 2. The van der Waals surface area contributed by atoms with Crippen molar-refractivity contribution in [3.05, 3.63) is 120 Å². The fraction of sp³-hybridized carbons (Fsp3) is 0.436. The number of carbonyl (C=O) groups excluding carboxylic acids is 1. The van der Waals surface area contributed by atoms with Crippen LogP contribution in [0.5, 0.6) is 0 Å². The number of amides is 2. The summed E-state index contributed by atoms with van der Waals surface area (Å²) in [5.41, 5.74) is 3.12. The highest BCUT2D eigenvalue weighted by Gasteiger charge is 2.39. The average Bonchev–Trinajstić information content (AvgIpc) is 2.98. The van der Waals surface area contributed by atoms with Gasteiger partial charge in [-0.05, 0) is 94.2 Å². The van der Waals surface area contributed by atoms with Crippen molar-refractivity contribution in [2.24, 2.45) is 11.8 Å². The molecule has 0 heterocycles. The van der Waals surface area contributed by atoms with Crippen molar-refractivity contribution in [3.8, 4) is 0 Å². The molecule has 2 amide bonds. The molecule has 0 aliphatic heterocycles. The number of nitrogens with zero attached hydrogens (tertiary/aromatic N) is 1. The minimum absolute atomic E-state index is 0.185. The third kappa shape index (κ3) is 11.7. The molecule has 0 aliphatic rings. The number of hydrogen-bond acceptors (Lipinski definition) is 2. The van der Waals surface area contributed by atoms with Gasteiger partial charge in [0.15, 0.2) is 0 Å². The molecule has 0 aromatic heterocycles. The maximum Gasteiger partial charge on any atom is 0.408 e. The van der Waals surface area contributed by atoms with E-state index in [-0.39, 0.29) is 17.9 Å². The molecule has 3 aromatic carbocycles.